The van der Waals surface area contributed by atoms with E-state index in [9.17, 15) is 4.39 Å². The molecule has 84 valence electrons. The summed E-state index contributed by atoms with van der Waals surface area (Å²) in [5.74, 6) is -0.263. The van der Waals surface area contributed by atoms with Crippen LogP contribution in [-0.2, 0) is 13.0 Å². The van der Waals surface area contributed by atoms with E-state index in [1.807, 2.05) is 6.92 Å². The van der Waals surface area contributed by atoms with Crippen molar-refractivity contribution in [3.8, 4) is 5.69 Å². The highest BCUT2D eigenvalue weighted by Gasteiger charge is 2.10. The first-order valence-corrected chi connectivity index (χ1v) is 5.15. The lowest BCUT2D eigenvalue weighted by molar-refractivity contribution is 0.626. The van der Waals surface area contributed by atoms with Crippen LogP contribution in [0.4, 0.5) is 4.39 Å². The minimum atomic E-state index is -0.263. The molecule has 0 saturated carbocycles. The van der Waals surface area contributed by atoms with Gasteiger partial charge in [-0.05, 0) is 30.7 Å². The van der Waals surface area contributed by atoms with Crippen molar-refractivity contribution in [1.29, 1.82) is 0 Å². The molecule has 0 aliphatic heterocycles. The normalized spacial score (nSPS) is 10.7. The Morgan fingerprint density at radius 3 is 2.56 bits per heavy atom. The summed E-state index contributed by atoms with van der Waals surface area (Å²) in [5.41, 5.74) is 8.11. The number of hydrogen-bond acceptors (Lipinski definition) is 3. The second-order valence-corrected chi connectivity index (χ2v) is 3.43. The molecule has 0 atom stereocenters. The van der Waals surface area contributed by atoms with Crippen LogP contribution >= 0.6 is 0 Å². The van der Waals surface area contributed by atoms with Gasteiger partial charge in [0, 0.05) is 6.54 Å². The van der Waals surface area contributed by atoms with Gasteiger partial charge in [0.1, 0.15) is 5.82 Å². The maximum absolute atomic E-state index is 12.8. The van der Waals surface area contributed by atoms with Gasteiger partial charge in [0.05, 0.1) is 17.1 Å². The van der Waals surface area contributed by atoms with Crippen molar-refractivity contribution in [3.63, 3.8) is 0 Å². The molecule has 1 heterocycles. The first kappa shape index (κ1) is 10.8. The minimum absolute atomic E-state index is 0.263. The Morgan fingerprint density at radius 1 is 1.31 bits per heavy atom. The van der Waals surface area contributed by atoms with E-state index in [-0.39, 0.29) is 5.82 Å². The molecule has 0 radical (unpaired) electrons. The molecule has 4 nitrogen and oxygen atoms in total. The lowest BCUT2D eigenvalue weighted by atomic mass is 10.2. The number of hydrogen-bond donors (Lipinski definition) is 1. The molecule has 1 aromatic heterocycles. The third-order valence-corrected chi connectivity index (χ3v) is 2.44. The molecule has 2 rings (SSSR count). The molecule has 0 fully saturated rings. The van der Waals surface area contributed by atoms with Gasteiger partial charge in [0.25, 0.3) is 0 Å². The van der Waals surface area contributed by atoms with Crippen LogP contribution in [0.5, 0.6) is 0 Å². The predicted octanol–water partition coefficient (Wildman–Crippen LogP) is 1.43. The Labute approximate surface area is 92.9 Å². The molecule has 0 amide bonds. The number of rotatable bonds is 3. The van der Waals surface area contributed by atoms with E-state index in [2.05, 4.69) is 10.3 Å². The molecule has 0 aliphatic carbocycles. The van der Waals surface area contributed by atoms with Gasteiger partial charge in [-0.15, -0.1) is 5.10 Å². The smallest absolute Gasteiger partial charge is 0.123 e. The molecule has 2 aromatic rings. The molecule has 0 aliphatic rings. The predicted molar refractivity (Wildman–Crippen MR) is 58.6 cm³/mol. The van der Waals surface area contributed by atoms with Crippen molar-refractivity contribution >= 4 is 0 Å². The van der Waals surface area contributed by atoms with Crippen LogP contribution in [0, 0.1) is 5.82 Å². The molecule has 0 spiro atoms. The average Bonchev–Trinajstić information content (AvgIpc) is 2.72. The fraction of sp³-hybridized carbons (Fsp3) is 0.273. The lowest BCUT2D eigenvalue weighted by Gasteiger charge is -2.05. The van der Waals surface area contributed by atoms with E-state index in [0.29, 0.717) is 6.54 Å². The topological polar surface area (TPSA) is 56.7 Å². The van der Waals surface area contributed by atoms with Crippen molar-refractivity contribution in [2.75, 3.05) is 0 Å². The van der Waals surface area contributed by atoms with Gasteiger partial charge in [0.15, 0.2) is 0 Å². The highest BCUT2D eigenvalue weighted by molar-refractivity contribution is 5.33. The van der Waals surface area contributed by atoms with Crippen LogP contribution in [-0.4, -0.2) is 15.0 Å². The van der Waals surface area contributed by atoms with Crippen molar-refractivity contribution in [2.45, 2.75) is 19.9 Å². The van der Waals surface area contributed by atoms with E-state index in [1.165, 1.54) is 12.1 Å². The van der Waals surface area contributed by atoms with Gasteiger partial charge < -0.3 is 5.73 Å². The monoisotopic (exact) mass is 220 g/mol. The highest BCUT2D eigenvalue weighted by atomic mass is 19.1. The molecule has 1 aromatic carbocycles. The molecule has 16 heavy (non-hydrogen) atoms. The molecular weight excluding hydrogens is 207 g/mol. The van der Waals surface area contributed by atoms with Gasteiger partial charge in [0.2, 0.25) is 0 Å². The number of halogens is 1. The average molecular weight is 220 g/mol. The van der Waals surface area contributed by atoms with Gasteiger partial charge in [-0.1, -0.05) is 12.1 Å². The van der Waals surface area contributed by atoms with E-state index in [1.54, 1.807) is 16.8 Å². The highest BCUT2D eigenvalue weighted by Crippen LogP contribution is 2.13. The summed E-state index contributed by atoms with van der Waals surface area (Å²) in [5, 5.41) is 8.02. The summed E-state index contributed by atoms with van der Waals surface area (Å²) < 4.78 is 14.5. The summed E-state index contributed by atoms with van der Waals surface area (Å²) in [6.07, 6.45) is 0.789. The quantitative estimate of drug-likeness (QED) is 0.851. The van der Waals surface area contributed by atoms with E-state index in [4.69, 9.17) is 5.73 Å². The summed E-state index contributed by atoms with van der Waals surface area (Å²) >= 11 is 0. The summed E-state index contributed by atoms with van der Waals surface area (Å²) in [7, 11) is 0. The van der Waals surface area contributed by atoms with Gasteiger partial charge >= 0.3 is 0 Å². The van der Waals surface area contributed by atoms with Crippen molar-refractivity contribution in [1.82, 2.24) is 15.0 Å². The van der Waals surface area contributed by atoms with E-state index in [0.717, 1.165) is 23.5 Å². The standard InChI is InChI=1S/C11H13FN4/c1-2-11-10(7-13)14-15-16(11)9-5-3-8(12)4-6-9/h3-6H,2,7,13H2,1H3. The molecule has 5 heteroatoms. The molecule has 0 saturated heterocycles. The fourth-order valence-electron chi connectivity index (χ4n) is 1.63. The maximum atomic E-state index is 12.8. The van der Waals surface area contributed by atoms with Crippen LogP contribution in [0.2, 0.25) is 0 Å². The zero-order valence-corrected chi connectivity index (χ0v) is 9.02. The first-order chi connectivity index (χ1) is 7.76. The Bertz CT molecular complexity index is 475. The third kappa shape index (κ3) is 1.81. The SMILES string of the molecule is CCc1c(CN)nnn1-c1ccc(F)cc1. The first-order valence-electron chi connectivity index (χ1n) is 5.15. The van der Waals surface area contributed by atoms with Gasteiger partial charge in [-0.2, -0.15) is 0 Å². The van der Waals surface area contributed by atoms with Gasteiger partial charge in [-0.3, -0.25) is 0 Å². The number of nitrogens with zero attached hydrogens (tertiary/aromatic N) is 3. The number of nitrogens with two attached hydrogens (primary N) is 1. The zero-order valence-electron chi connectivity index (χ0n) is 9.02. The second-order valence-electron chi connectivity index (χ2n) is 3.43. The molecule has 2 N–H and O–H groups in total. The Hall–Kier alpha value is -1.75. The summed E-state index contributed by atoms with van der Waals surface area (Å²) in [6.45, 7) is 2.38. The van der Waals surface area contributed by atoms with Crippen LogP contribution in [0.3, 0.4) is 0 Å². The Morgan fingerprint density at radius 2 is 2.00 bits per heavy atom. The Balaban J connectivity index is 2.47. The molecule has 0 bridgehead atoms. The van der Waals surface area contributed by atoms with Gasteiger partial charge in [-0.25, -0.2) is 9.07 Å². The fourth-order valence-corrected chi connectivity index (χ4v) is 1.63. The number of aromatic nitrogens is 3. The third-order valence-electron chi connectivity index (χ3n) is 2.44. The largest absolute Gasteiger partial charge is 0.325 e. The van der Waals surface area contributed by atoms with Crippen molar-refractivity contribution in [2.24, 2.45) is 5.73 Å². The summed E-state index contributed by atoms with van der Waals surface area (Å²) in [4.78, 5) is 0. The number of benzene rings is 1. The molecule has 0 unspecified atom stereocenters. The van der Waals surface area contributed by atoms with Crippen LogP contribution in [0.25, 0.3) is 5.69 Å². The lowest BCUT2D eigenvalue weighted by Crippen LogP contribution is -2.05. The minimum Gasteiger partial charge on any atom is -0.325 e. The van der Waals surface area contributed by atoms with Crippen molar-refractivity contribution in [3.05, 3.63) is 41.5 Å². The zero-order chi connectivity index (χ0) is 11.5. The molecular formula is C11H13FN4. The van der Waals surface area contributed by atoms with Crippen LogP contribution in [0.15, 0.2) is 24.3 Å². The van der Waals surface area contributed by atoms with Crippen LogP contribution < -0.4 is 5.73 Å². The Kier molecular flexibility index (Phi) is 2.96. The van der Waals surface area contributed by atoms with E-state index >= 15 is 0 Å². The van der Waals surface area contributed by atoms with E-state index < -0.39 is 0 Å². The second kappa shape index (κ2) is 4.40. The maximum Gasteiger partial charge on any atom is 0.123 e. The van der Waals surface area contributed by atoms with Crippen molar-refractivity contribution < 1.29 is 4.39 Å². The summed E-state index contributed by atoms with van der Waals surface area (Å²) in [6, 6.07) is 6.14. The van der Waals surface area contributed by atoms with Crippen LogP contribution in [0.1, 0.15) is 18.3 Å².